The fourth-order valence-corrected chi connectivity index (χ4v) is 8.26. The number of methoxy groups -OCH3 is 1. The van der Waals surface area contributed by atoms with Gasteiger partial charge in [-0.15, -0.1) is 10.2 Å². The maximum Gasteiger partial charge on any atom is 0.316 e. The number of carbonyl (C=O) groups is 1. The van der Waals surface area contributed by atoms with E-state index in [1.807, 2.05) is 66.1 Å². The Kier molecular flexibility index (Phi) is 7.18. The zero-order valence-electron chi connectivity index (χ0n) is 21.4. The van der Waals surface area contributed by atoms with Gasteiger partial charge in [-0.3, -0.25) is 4.79 Å². The van der Waals surface area contributed by atoms with Gasteiger partial charge in [0.1, 0.15) is 17.9 Å². The molecule has 9 heteroatoms. The standard InChI is InChI=1S/C28H34N4O4S/c1-21-8-13-26(23-6-4-3-5-7-23)37(34,35)32(21)18-22-9-11-24(12-10-22)28(27(33)36-2)16-14-25(15-17-28)31-19-29-30-20-31/h3-7,9-12,19-21,25-26H,8,13-18H2,1-2H3/t21-,25?,26+,28?/m0/s1. The number of nitrogens with zero attached hydrogens (tertiary/aromatic N) is 4. The van der Waals surface area contributed by atoms with Crippen molar-refractivity contribution in [2.45, 2.75) is 74.7 Å². The predicted molar refractivity (Wildman–Crippen MR) is 140 cm³/mol. The van der Waals surface area contributed by atoms with Crippen LogP contribution in [0.2, 0.25) is 0 Å². The molecule has 37 heavy (non-hydrogen) atoms. The van der Waals surface area contributed by atoms with Crippen molar-refractivity contribution < 1.29 is 17.9 Å². The van der Waals surface area contributed by atoms with Gasteiger partial charge in [0.05, 0.1) is 12.5 Å². The van der Waals surface area contributed by atoms with Crippen LogP contribution in [0.15, 0.2) is 67.3 Å². The molecule has 0 radical (unpaired) electrons. The summed E-state index contributed by atoms with van der Waals surface area (Å²) in [6.45, 7) is 2.29. The average molecular weight is 523 g/mol. The second-order valence-corrected chi connectivity index (χ2v) is 12.4. The summed E-state index contributed by atoms with van der Waals surface area (Å²) in [6.07, 6.45) is 7.86. The van der Waals surface area contributed by atoms with Crippen molar-refractivity contribution in [1.82, 2.24) is 19.1 Å². The van der Waals surface area contributed by atoms with Crippen molar-refractivity contribution in [3.05, 3.63) is 83.9 Å². The van der Waals surface area contributed by atoms with Crippen molar-refractivity contribution in [1.29, 1.82) is 0 Å². The van der Waals surface area contributed by atoms with Crippen LogP contribution in [0, 0.1) is 0 Å². The molecule has 1 saturated heterocycles. The first-order valence-corrected chi connectivity index (χ1v) is 14.4. The first-order valence-electron chi connectivity index (χ1n) is 12.9. The van der Waals surface area contributed by atoms with Gasteiger partial charge in [-0.05, 0) is 62.1 Å². The Morgan fingerprint density at radius 1 is 0.973 bits per heavy atom. The van der Waals surface area contributed by atoms with Gasteiger partial charge in [0.25, 0.3) is 0 Å². The highest BCUT2D eigenvalue weighted by Crippen LogP contribution is 2.44. The molecule has 2 aromatic carbocycles. The Bertz CT molecular complexity index is 1300. The molecule has 1 aliphatic heterocycles. The van der Waals surface area contributed by atoms with E-state index in [-0.39, 0.29) is 18.1 Å². The SMILES string of the molecule is COC(=O)C1(c2ccc(CN3[C@@H](C)CC[C@H](c4ccccc4)S3(=O)=O)cc2)CCC(n2cnnc2)CC1. The third-order valence-electron chi connectivity index (χ3n) is 8.28. The van der Waals surface area contributed by atoms with E-state index in [2.05, 4.69) is 10.2 Å². The molecule has 0 unspecified atom stereocenters. The van der Waals surface area contributed by atoms with Gasteiger partial charge in [-0.25, -0.2) is 8.42 Å². The Morgan fingerprint density at radius 2 is 1.62 bits per heavy atom. The molecule has 3 aromatic rings. The zero-order valence-corrected chi connectivity index (χ0v) is 22.2. The zero-order chi connectivity index (χ0) is 26.0. The summed E-state index contributed by atoms with van der Waals surface area (Å²) in [7, 11) is -2.07. The summed E-state index contributed by atoms with van der Waals surface area (Å²) < 4.78 is 36.1. The van der Waals surface area contributed by atoms with Crippen LogP contribution in [0.4, 0.5) is 0 Å². The molecule has 2 fully saturated rings. The predicted octanol–water partition coefficient (Wildman–Crippen LogP) is 4.56. The minimum absolute atomic E-state index is 0.0704. The Balaban J connectivity index is 1.35. The number of benzene rings is 2. The first kappa shape index (κ1) is 25.6. The van der Waals surface area contributed by atoms with Crippen molar-refractivity contribution >= 4 is 16.0 Å². The topological polar surface area (TPSA) is 94.4 Å². The molecule has 2 atom stereocenters. The molecule has 0 N–H and O–H groups in total. The number of hydrogen-bond acceptors (Lipinski definition) is 6. The van der Waals surface area contributed by atoms with Crippen LogP contribution in [-0.2, 0) is 31.5 Å². The molecule has 0 bridgehead atoms. The molecular weight excluding hydrogens is 488 g/mol. The molecule has 1 saturated carbocycles. The van der Waals surface area contributed by atoms with Crippen LogP contribution in [0.5, 0.6) is 0 Å². The highest BCUT2D eigenvalue weighted by molar-refractivity contribution is 7.89. The number of esters is 1. The maximum atomic E-state index is 13.6. The third-order valence-corrected chi connectivity index (χ3v) is 10.7. The second kappa shape index (κ2) is 10.4. The lowest BCUT2D eigenvalue weighted by Gasteiger charge is -2.39. The van der Waals surface area contributed by atoms with Gasteiger partial charge in [0, 0.05) is 18.6 Å². The lowest BCUT2D eigenvalue weighted by molar-refractivity contribution is -0.149. The van der Waals surface area contributed by atoms with E-state index >= 15 is 0 Å². The summed E-state index contributed by atoms with van der Waals surface area (Å²) >= 11 is 0. The highest BCUT2D eigenvalue weighted by Gasteiger charge is 2.45. The Hall–Kier alpha value is -3.04. The Morgan fingerprint density at radius 3 is 2.24 bits per heavy atom. The molecule has 5 rings (SSSR count). The second-order valence-electron chi connectivity index (χ2n) is 10.3. The van der Waals surface area contributed by atoms with Gasteiger partial charge in [-0.1, -0.05) is 54.6 Å². The van der Waals surface area contributed by atoms with Crippen molar-refractivity contribution in [2.24, 2.45) is 0 Å². The highest BCUT2D eigenvalue weighted by atomic mass is 32.2. The van der Waals surface area contributed by atoms with Crippen molar-refractivity contribution in [2.75, 3.05) is 7.11 Å². The molecule has 2 aliphatic rings. The van der Waals surface area contributed by atoms with Gasteiger partial charge in [-0.2, -0.15) is 4.31 Å². The quantitative estimate of drug-likeness (QED) is 0.441. The fraction of sp³-hybridized carbons (Fsp3) is 0.464. The normalized spacial score (nSPS) is 28.0. The molecule has 2 heterocycles. The van der Waals surface area contributed by atoms with E-state index in [9.17, 15) is 13.2 Å². The number of rotatable bonds is 6. The average Bonchev–Trinajstić information content (AvgIpc) is 3.46. The van der Waals surface area contributed by atoms with Crippen LogP contribution >= 0.6 is 0 Å². The fourth-order valence-electron chi connectivity index (χ4n) is 6.06. The molecule has 0 spiro atoms. The summed E-state index contributed by atoms with van der Waals surface area (Å²) in [6, 6.07) is 17.5. The van der Waals surface area contributed by atoms with E-state index in [1.54, 1.807) is 17.0 Å². The van der Waals surface area contributed by atoms with E-state index in [4.69, 9.17) is 4.74 Å². The van der Waals surface area contributed by atoms with Crippen molar-refractivity contribution in [3.63, 3.8) is 0 Å². The molecule has 1 aliphatic carbocycles. The maximum absolute atomic E-state index is 13.6. The van der Waals surface area contributed by atoms with Crippen LogP contribution in [0.1, 0.15) is 73.4 Å². The van der Waals surface area contributed by atoms with E-state index < -0.39 is 20.7 Å². The smallest absolute Gasteiger partial charge is 0.316 e. The minimum Gasteiger partial charge on any atom is -0.468 e. The van der Waals surface area contributed by atoms with Crippen LogP contribution in [0.25, 0.3) is 0 Å². The van der Waals surface area contributed by atoms with Gasteiger partial charge in [0.15, 0.2) is 0 Å². The number of hydrogen-bond donors (Lipinski definition) is 0. The lowest BCUT2D eigenvalue weighted by Crippen LogP contribution is -2.44. The third kappa shape index (κ3) is 4.82. The number of carbonyl (C=O) groups excluding carboxylic acids is 1. The van der Waals surface area contributed by atoms with Gasteiger partial charge >= 0.3 is 5.97 Å². The summed E-state index contributed by atoms with van der Waals surface area (Å²) in [5, 5.41) is 7.30. The molecule has 0 amide bonds. The van der Waals surface area contributed by atoms with Crippen LogP contribution in [0.3, 0.4) is 0 Å². The lowest BCUT2D eigenvalue weighted by atomic mass is 9.68. The van der Waals surface area contributed by atoms with Gasteiger partial charge < -0.3 is 9.30 Å². The summed E-state index contributed by atoms with van der Waals surface area (Å²) in [5.41, 5.74) is 1.96. The summed E-state index contributed by atoms with van der Waals surface area (Å²) in [5.74, 6) is -0.222. The molecule has 1 aromatic heterocycles. The Labute approximate surface area is 218 Å². The molecule has 196 valence electrons. The molecule has 8 nitrogen and oxygen atoms in total. The van der Waals surface area contributed by atoms with Crippen molar-refractivity contribution in [3.8, 4) is 0 Å². The number of ether oxygens (including phenoxy) is 1. The largest absolute Gasteiger partial charge is 0.468 e. The van der Waals surface area contributed by atoms with E-state index in [1.165, 1.54) is 7.11 Å². The van der Waals surface area contributed by atoms with E-state index in [0.29, 0.717) is 25.8 Å². The van der Waals surface area contributed by atoms with Gasteiger partial charge in [0.2, 0.25) is 10.0 Å². The minimum atomic E-state index is -3.51. The first-order chi connectivity index (χ1) is 17.8. The van der Waals surface area contributed by atoms with Crippen LogP contribution in [-0.4, -0.2) is 46.6 Å². The number of sulfonamides is 1. The monoisotopic (exact) mass is 522 g/mol. The number of aromatic nitrogens is 3. The molecular formula is C28H34N4O4S. The summed E-state index contributed by atoms with van der Waals surface area (Å²) in [4.78, 5) is 13.0. The van der Waals surface area contributed by atoms with E-state index in [0.717, 1.165) is 36.0 Å². The van der Waals surface area contributed by atoms with Crippen LogP contribution < -0.4 is 0 Å².